The van der Waals surface area contributed by atoms with Gasteiger partial charge in [-0.3, -0.25) is 14.4 Å². The molecule has 0 unspecified atom stereocenters. The van der Waals surface area contributed by atoms with Crippen molar-refractivity contribution >= 4 is 45.4 Å². The highest BCUT2D eigenvalue weighted by atomic mass is 79.9. The minimum Gasteiger partial charge on any atom is -0.453 e. The molecule has 1 saturated carbocycles. The lowest BCUT2D eigenvalue weighted by molar-refractivity contribution is -0.139. The molecular formula is C21H27BrN4O5. The fourth-order valence-electron chi connectivity index (χ4n) is 3.98. The Hall–Kier alpha value is -2.62. The first-order valence-corrected chi connectivity index (χ1v) is 10.9. The predicted octanol–water partition coefficient (Wildman–Crippen LogP) is 2.25. The van der Waals surface area contributed by atoms with Crippen LogP contribution in [0.5, 0.6) is 0 Å². The summed E-state index contributed by atoms with van der Waals surface area (Å²) in [6.07, 6.45) is 1.73. The SMILES string of the molecule is COC(=O)N[C@H](C(=O)N1CC2(CC2)C[C@H]1C(=O)Nc1ccc(Br)cc1C(N)=O)C(C)C. The highest BCUT2D eigenvalue weighted by molar-refractivity contribution is 9.10. The molecule has 3 rings (SSSR count). The van der Waals surface area contributed by atoms with E-state index in [0.717, 1.165) is 12.8 Å². The standard InChI is InChI=1S/C21H27BrN4O5/c1-11(2)16(25-20(30)31-3)19(29)26-10-21(6-7-21)9-15(26)18(28)24-14-5-4-12(22)8-13(14)17(23)27/h4-5,8,11,15-16H,6-7,9-10H2,1-3H3,(H2,23,27)(H,24,28)(H,25,30)/t15-,16-/m0/s1. The minimum absolute atomic E-state index is 0.0588. The van der Waals surface area contributed by atoms with Crippen LogP contribution in [0, 0.1) is 11.3 Å². The molecule has 2 aliphatic rings. The normalized spacial score (nSPS) is 19.8. The molecule has 31 heavy (non-hydrogen) atoms. The van der Waals surface area contributed by atoms with E-state index in [9.17, 15) is 19.2 Å². The molecule has 1 aliphatic heterocycles. The fraction of sp³-hybridized carbons (Fsp3) is 0.524. The fourth-order valence-corrected chi connectivity index (χ4v) is 4.35. The number of hydrogen-bond donors (Lipinski definition) is 3. The van der Waals surface area contributed by atoms with Crippen molar-refractivity contribution in [3.8, 4) is 0 Å². The zero-order valence-corrected chi connectivity index (χ0v) is 19.3. The van der Waals surface area contributed by atoms with Gasteiger partial charge in [0.25, 0.3) is 5.91 Å². The van der Waals surface area contributed by atoms with Crippen molar-refractivity contribution in [3.63, 3.8) is 0 Å². The van der Waals surface area contributed by atoms with Gasteiger partial charge in [-0.1, -0.05) is 29.8 Å². The molecule has 1 saturated heterocycles. The van der Waals surface area contributed by atoms with Gasteiger partial charge in [0.1, 0.15) is 12.1 Å². The second-order valence-electron chi connectivity index (χ2n) is 8.59. The van der Waals surface area contributed by atoms with E-state index in [-0.39, 0.29) is 34.4 Å². The molecule has 1 aromatic carbocycles. The lowest BCUT2D eigenvalue weighted by Crippen LogP contribution is -2.54. The van der Waals surface area contributed by atoms with Crippen LogP contribution in [0.2, 0.25) is 0 Å². The molecular weight excluding hydrogens is 468 g/mol. The number of amides is 4. The number of alkyl carbamates (subject to hydrolysis) is 1. The van der Waals surface area contributed by atoms with Gasteiger partial charge < -0.3 is 26.0 Å². The number of primary amides is 1. The van der Waals surface area contributed by atoms with E-state index in [1.54, 1.807) is 17.0 Å². The summed E-state index contributed by atoms with van der Waals surface area (Å²) < 4.78 is 5.30. The zero-order valence-electron chi connectivity index (χ0n) is 17.7. The van der Waals surface area contributed by atoms with E-state index < -0.39 is 24.1 Å². The van der Waals surface area contributed by atoms with E-state index >= 15 is 0 Å². The molecule has 1 heterocycles. The van der Waals surface area contributed by atoms with Gasteiger partial charge in [0.05, 0.1) is 18.4 Å². The van der Waals surface area contributed by atoms with Gasteiger partial charge >= 0.3 is 6.09 Å². The molecule has 0 aromatic heterocycles. The Bertz CT molecular complexity index is 915. The number of rotatable bonds is 6. The largest absolute Gasteiger partial charge is 0.453 e. The van der Waals surface area contributed by atoms with Crippen molar-refractivity contribution in [2.75, 3.05) is 19.0 Å². The van der Waals surface area contributed by atoms with Crippen LogP contribution in [0.4, 0.5) is 10.5 Å². The first kappa shape index (κ1) is 23.1. The summed E-state index contributed by atoms with van der Waals surface area (Å²) in [6.45, 7) is 4.09. The van der Waals surface area contributed by atoms with Gasteiger partial charge in [-0.15, -0.1) is 0 Å². The van der Waals surface area contributed by atoms with Crippen molar-refractivity contribution in [2.45, 2.75) is 45.2 Å². The summed E-state index contributed by atoms with van der Waals surface area (Å²) in [4.78, 5) is 51.6. The number of carbonyl (C=O) groups excluding carboxylic acids is 4. The average Bonchev–Trinajstić information content (AvgIpc) is 3.36. The van der Waals surface area contributed by atoms with Crippen molar-refractivity contribution in [1.29, 1.82) is 0 Å². The van der Waals surface area contributed by atoms with Gasteiger partial charge in [-0.2, -0.15) is 0 Å². The number of halogens is 1. The third-order valence-electron chi connectivity index (χ3n) is 5.95. The van der Waals surface area contributed by atoms with E-state index in [4.69, 9.17) is 5.73 Å². The quantitative estimate of drug-likeness (QED) is 0.557. The van der Waals surface area contributed by atoms with Gasteiger partial charge in [-0.25, -0.2) is 4.79 Å². The Morgan fingerprint density at radius 1 is 1.26 bits per heavy atom. The van der Waals surface area contributed by atoms with Gasteiger partial charge in [0, 0.05) is 11.0 Å². The number of ether oxygens (including phenoxy) is 1. The van der Waals surface area contributed by atoms with Gasteiger partial charge in [-0.05, 0) is 48.8 Å². The van der Waals surface area contributed by atoms with Crippen LogP contribution in [0.1, 0.15) is 43.5 Å². The van der Waals surface area contributed by atoms with Crippen molar-refractivity contribution in [1.82, 2.24) is 10.2 Å². The molecule has 4 amide bonds. The molecule has 1 spiro atoms. The summed E-state index contributed by atoms with van der Waals surface area (Å²) in [5.74, 6) is -1.58. The van der Waals surface area contributed by atoms with E-state index in [0.29, 0.717) is 17.4 Å². The molecule has 4 N–H and O–H groups in total. The van der Waals surface area contributed by atoms with Crippen LogP contribution < -0.4 is 16.4 Å². The summed E-state index contributed by atoms with van der Waals surface area (Å²) in [5, 5.41) is 5.34. The van der Waals surface area contributed by atoms with E-state index in [1.807, 2.05) is 13.8 Å². The van der Waals surface area contributed by atoms with Crippen LogP contribution in [0.25, 0.3) is 0 Å². The Balaban J connectivity index is 1.83. The topological polar surface area (TPSA) is 131 Å². The second kappa shape index (κ2) is 8.86. The maximum atomic E-state index is 13.3. The van der Waals surface area contributed by atoms with Crippen LogP contribution in [0.15, 0.2) is 22.7 Å². The minimum atomic E-state index is -0.814. The molecule has 0 radical (unpaired) electrons. The van der Waals surface area contributed by atoms with Crippen LogP contribution in [0.3, 0.4) is 0 Å². The maximum Gasteiger partial charge on any atom is 0.407 e. The number of carbonyl (C=O) groups is 4. The number of nitrogens with zero attached hydrogens (tertiary/aromatic N) is 1. The van der Waals surface area contributed by atoms with Crippen LogP contribution in [-0.4, -0.2) is 54.5 Å². The number of benzene rings is 1. The monoisotopic (exact) mass is 494 g/mol. The first-order valence-electron chi connectivity index (χ1n) is 10.1. The molecule has 10 heteroatoms. The molecule has 0 bridgehead atoms. The Morgan fingerprint density at radius 2 is 1.94 bits per heavy atom. The molecule has 168 valence electrons. The highest BCUT2D eigenvalue weighted by Crippen LogP contribution is 2.55. The van der Waals surface area contributed by atoms with Crippen molar-refractivity contribution < 1.29 is 23.9 Å². The Kier molecular flexibility index (Phi) is 6.59. The van der Waals surface area contributed by atoms with Crippen molar-refractivity contribution in [2.24, 2.45) is 17.1 Å². The summed E-state index contributed by atoms with van der Waals surface area (Å²) >= 11 is 3.29. The van der Waals surface area contributed by atoms with E-state index in [2.05, 4.69) is 31.3 Å². The van der Waals surface area contributed by atoms with Crippen LogP contribution in [-0.2, 0) is 14.3 Å². The Morgan fingerprint density at radius 3 is 2.48 bits per heavy atom. The van der Waals surface area contributed by atoms with E-state index in [1.165, 1.54) is 13.2 Å². The lowest BCUT2D eigenvalue weighted by Gasteiger charge is -2.30. The maximum absolute atomic E-state index is 13.3. The number of anilines is 1. The highest BCUT2D eigenvalue weighted by Gasteiger charge is 2.56. The number of nitrogens with two attached hydrogens (primary N) is 1. The smallest absolute Gasteiger partial charge is 0.407 e. The summed E-state index contributed by atoms with van der Waals surface area (Å²) in [6, 6.07) is 3.29. The number of likely N-dealkylation sites (tertiary alicyclic amines) is 1. The second-order valence-corrected chi connectivity index (χ2v) is 9.50. The zero-order chi connectivity index (χ0) is 22.9. The van der Waals surface area contributed by atoms with Gasteiger partial charge in [0.15, 0.2) is 0 Å². The number of hydrogen-bond acceptors (Lipinski definition) is 5. The molecule has 1 aliphatic carbocycles. The third kappa shape index (κ3) is 5.00. The Labute approximate surface area is 189 Å². The number of methoxy groups -OCH3 is 1. The molecule has 9 nitrogen and oxygen atoms in total. The number of nitrogens with one attached hydrogen (secondary N) is 2. The van der Waals surface area contributed by atoms with Gasteiger partial charge in [0.2, 0.25) is 11.8 Å². The average molecular weight is 495 g/mol. The molecule has 2 fully saturated rings. The summed E-state index contributed by atoms with van der Waals surface area (Å²) in [5.41, 5.74) is 5.85. The predicted molar refractivity (Wildman–Crippen MR) is 117 cm³/mol. The first-order chi connectivity index (χ1) is 14.6. The summed E-state index contributed by atoms with van der Waals surface area (Å²) in [7, 11) is 1.23. The molecule has 1 aromatic rings. The van der Waals surface area contributed by atoms with Crippen molar-refractivity contribution in [3.05, 3.63) is 28.2 Å². The van der Waals surface area contributed by atoms with Crippen LogP contribution >= 0.6 is 15.9 Å². The third-order valence-corrected chi connectivity index (χ3v) is 6.44. The lowest BCUT2D eigenvalue weighted by atomic mass is 10.0. The molecule has 2 atom stereocenters.